The fourth-order valence-electron chi connectivity index (χ4n) is 5.38. The molecule has 2 fully saturated rings. The van der Waals surface area contributed by atoms with Crippen LogP contribution < -0.4 is 10.6 Å². The van der Waals surface area contributed by atoms with Crippen molar-refractivity contribution in [2.24, 2.45) is 17.8 Å². The normalized spacial score (nSPS) is 25.1. The van der Waals surface area contributed by atoms with E-state index in [1.165, 1.54) is 11.1 Å². The molecule has 7 nitrogen and oxygen atoms in total. The van der Waals surface area contributed by atoms with Crippen molar-refractivity contribution < 1.29 is 24.2 Å². The Morgan fingerprint density at radius 2 is 1.61 bits per heavy atom. The molecule has 2 aromatic rings. The van der Waals surface area contributed by atoms with Crippen molar-refractivity contribution in [1.29, 1.82) is 0 Å². The molecule has 0 spiro atoms. The van der Waals surface area contributed by atoms with Gasteiger partial charge >= 0.3 is 12.1 Å². The maximum Gasteiger partial charge on any atom is 0.407 e. The third-order valence-electron chi connectivity index (χ3n) is 7.28. The summed E-state index contributed by atoms with van der Waals surface area (Å²) < 4.78 is 5.63. The van der Waals surface area contributed by atoms with Crippen LogP contribution in [0.5, 0.6) is 0 Å². The second-order valence-corrected chi connectivity index (χ2v) is 9.30. The number of nitrogens with one attached hydrogen (secondary N) is 2. The number of aliphatic carboxylic acids is 1. The predicted molar refractivity (Wildman–Crippen MR) is 122 cm³/mol. The number of carboxylic acid groups (broad SMARTS) is 1. The Bertz CT molecular complexity index is 1040. The third kappa shape index (κ3) is 4.32. The Kier molecular flexibility index (Phi) is 5.79. The average molecular weight is 449 g/mol. The Labute approximate surface area is 192 Å². The molecule has 5 rings (SSSR count). The first-order valence-electron chi connectivity index (χ1n) is 11.6. The zero-order chi connectivity index (χ0) is 22.9. The van der Waals surface area contributed by atoms with E-state index >= 15 is 0 Å². The maximum atomic E-state index is 12.6. The molecule has 3 aliphatic carbocycles. The van der Waals surface area contributed by atoms with Crippen LogP contribution in [0.15, 0.2) is 48.5 Å². The monoisotopic (exact) mass is 448 g/mol. The Hall–Kier alpha value is -3.35. The Morgan fingerprint density at radius 3 is 2.24 bits per heavy atom. The van der Waals surface area contributed by atoms with E-state index < -0.39 is 12.1 Å². The molecule has 3 aliphatic rings. The van der Waals surface area contributed by atoms with E-state index in [1.54, 1.807) is 0 Å². The summed E-state index contributed by atoms with van der Waals surface area (Å²) >= 11 is 0. The second kappa shape index (κ2) is 8.89. The molecule has 0 unspecified atom stereocenters. The number of rotatable bonds is 7. The predicted octanol–water partition coefficient (Wildman–Crippen LogP) is 3.53. The summed E-state index contributed by atoms with van der Waals surface area (Å²) in [6.45, 7) is 0.617. The minimum Gasteiger partial charge on any atom is -0.481 e. The zero-order valence-corrected chi connectivity index (χ0v) is 18.3. The lowest BCUT2D eigenvalue weighted by Gasteiger charge is -2.21. The molecule has 7 heteroatoms. The number of carboxylic acids is 1. The van der Waals surface area contributed by atoms with Crippen LogP contribution in [0.1, 0.15) is 42.7 Å². The first kappa shape index (κ1) is 21.5. The van der Waals surface area contributed by atoms with Gasteiger partial charge in [-0.05, 0) is 47.4 Å². The molecule has 0 heterocycles. The van der Waals surface area contributed by atoms with Crippen molar-refractivity contribution in [2.75, 3.05) is 13.2 Å². The lowest BCUT2D eigenvalue weighted by atomic mass is 9.98. The zero-order valence-electron chi connectivity index (χ0n) is 18.3. The topological polar surface area (TPSA) is 105 Å². The van der Waals surface area contributed by atoms with Gasteiger partial charge in [0.05, 0.1) is 11.8 Å². The maximum absolute atomic E-state index is 12.6. The fraction of sp³-hybridized carbons (Fsp3) is 0.423. The van der Waals surface area contributed by atoms with Gasteiger partial charge in [0.25, 0.3) is 0 Å². The van der Waals surface area contributed by atoms with E-state index in [1.807, 2.05) is 24.3 Å². The van der Waals surface area contributed by atoms with Gasteiger partial charge in [0, 0.05) is 18.5 Å². The van der Waals surface area contributed by atoms with Crippen LogP contribution in [0, 0.1) is 17.8 Å². The molecular formula is C26H28N2O5. The summed E-state index contributed by atoms with van der Waals surface area (Å²) in [7, 11) is 0. The van der Waals surface area contributed by atoms with Crippen molar-refractivity contribution in [3.05, 3.63) is 59.7 Å². The molecule has 2 amide bonds. The summed E-state index contributed by atoms with van der Waals surface area (Å²) in [5, 5.41) is 14.8. The SMILES string of the molecule is O=C(N[C@@H]1CCC[C@@H]1C(=O)NC[C@@H]1C[C@@H]1C(=O)O)OCC1c2ccccc2-c2ccccc21. The fourth-order valence-corrected chi connectivity index (χ4v) is 5.38. The van der Waals surface area contributed by atoms with Gasteiger partial charge in [-0.1, -0.05) is 55.0 Å². The molecule has 2 aromatic carbocycles. The number of alkyl carbamates (subject to hydrolysis) is 1. The van der Waals surface area contributed by atoms with Gasteiger partial charge in [-0.15, -0.1) is 0 Å². The van der Waals surface area contributed by atoms with Gasteiger partial charge in [0.15, 0.2) is 0 Å². The van der Waals surface area contributed by atoms with Crippen LogP contribution in [0.4, 0.5) is 4.79 Å². The smallest absolute Gasteiger partial charge is 0.407 e. The van der Waals surface area contributed by atoms with E-state index in [-0.39, 0.29) is 42.2 Å². The van der Waals surface area contributed by atoms with Crippen LogP contribution in [0.25, 0.3) is 11.1 Å². The number of fused-ring (bicyclic) bond motifs is 3. The van der Waals surface area contributed by atoms with Crippen molar-refractivity contribution in [3.63, 3.8) is 0 Å². The number of carbonyl (C=O) groups is 3. The number of hydrogen-bond donors (Lipinski definition) is 3. The summed E-state index contributed by atoms with van der Waals surface area (Å²) in [5.74, 6) is -1.57. The molecular weight excluding hydrogens is 420 g/mol. The minimum absolute atomic E-state index is 0.00783. The highest BCUT2D eigenvalue weighted by atomic mass is 16.5. The van der Waals surface area contributed by atoms with Crippen LogP contribution in [-0.4, -0.2) is 42.3 Å². The standard InChI is InChI=1S/C26H28N2O5/c29-24(27-13-15-12-21(15)25(30)31)20-10-5-11-23(20)28-26(32)33-14-22-18-8-3-1-6-16(18)17-7-2-4-9-19(17)22/h1-4,6-9,15,20-23H,5,10-14H2,(H,27,29)(H,28,32)(H,30,31)/t15-,20-,21-,23+/m0/s1. The molecule has 172 valence electrons. The van der Waals surface area contributed by atoms with E-state index in [2.05, 4.69) is 34.9 Å². The number of amides is 2. The molecule has 3 N–H and O–H groups in total. The number of carbonyl (C=O) groups excluding carboxylic acids is 2. The van der Waals surface area contributed by atoms with Crippen molar-refractivity contribution >= 4 is 18.0 Å². The highest BCUT2D eigenvalue weighted by Gasteiger charge is 2.44. The molecule has 0 aliphatic heterocycles. The summed E-state index contributed by atoms with van der Waals surface area (Å²) in [6.07, 6.45) is 2.39. The van der Waals surface area contributed by atoms with Gasteiger partial charge < -0.3 is 20.5 Å². The average Bonchev–Trinajstić information content (AvgIpc) is 3.35. The number of benzene rings is 2. The molecule has 2 saturated carbocycles. The molecule has 0 saturated heterocycles. The third-order valence-corrected chi connectivity index (χ3v) is 7.28. The highest BCUT2D eigenvalue weighted by molar-refractivity contribution is 5.81. The lowest BCUT2D eigenvalue weighted by Crippen LogP contribution is -2.44. The first-order chi connectivity index (χ1) is 16.0. The Morgan fingerprint density at radius 1 is 0.939 bits per heavy atom. The van der Waals surface area contributed by atoms with E-state index in [9.17, 15) is 14.4 Å². The molecule has 4 atom stereocenters. The molecule has 0 radical (unpaired) electrons. The van der Waals surface area contributed by atoms with Gasteiger partial charge in [-0.2, -0.15) is 0 Å². The summed E-state index contributed by atoms with van der Waals surface area (Å²) in [6, 6.07) is 16.1. The molecule has 0 bridgehead atoms. The van der Waals surface area contributed by atoms with E-state index in [4.69, 9.17) is 9.84 Å². The van der Waals surface area contributed by atoms with Crippen LogP contribution in [0.3, 0.4) is 0 Å². The van der Waals surface area contributed by atoms with Gasteiger partial charge in [0.1, 0.15) is 6.61 Å². The second-order valence-electron chi connectivity index (χ2n) is 9.30. The largest absolute Gasteiger partial charge is 0.481 e. The van der Waals surface area contributed by atoms with E-state index in [0.717, 1.165) is 24.0 Å². The van der Waals surface area contributed by atoms with Gasteiger partial charge in [-0.25, -0.2) is 4.79 Å². The van der Waals surface area contributed by atoms with Gasteiger partial charge in [-0.3, -0.25) is 9.59 Å². The van der Waals surface area contributed by atoms with Gasteiger partial charge in [0.2, 0.25) is 5.91 Å². The highest BCUT2D eigenvalue weighted by Crippen LogP contribution is 2.44. The van der Waals surface area contributed by atoms with E-state index in [0.29, 0.717) is 19.4 Å². The minimum atomic E-state index is -0.801. The van der Waals surface area contributed by atoms with Crippen molar-refractivity contribution in [1.82, 2.24) is 10.6 Å². The quantitative estimate of drug-likeness (QED) is 0.601. The molecule has 33 heavy (non-hydrogen) atoms. The van der Waals surface area contributed by atoms with Crippen LogP contribution in [0.2, 0.25) is 0 Å². The lowest BCUT2D eigenvalue weighted by molar-refractivity contribution is -0.139. The molecule has 0 aromatic heterocycles. The van der Waals surface area contributed by atoms with Crippen LogP contribution >= 0.6 is 0 Å². The summed E-state index contributed by atoms with van der Waals surface area (Å²) in [5.41, 5.74) is 4.67. The number of ether oxygens (including phenoxy) is 1. The number of hydrogen-bond acceptors (Lipinski definition) is 4. The van der Waals surface area contributed by atoms with Crippen molar-refractivity contribution in [3.8, 4) is 11.1 Å². The van der Waals surface area contributed by atoms with Crippen LogP contribution in [-0.2, 0) is 14.3 Å². The first-order valence-corrected chi connectivity index (χ1v) is 11.6. The Balaban J connectivity index is 1.15. The summed E-state index contributed by atoms with van der Waals surface area (Å²) in [4.78, 5) is 36.2. The van der Waals surface area contributed by atoms with Crippen molar-refractivity contribution in [2.45, 2.75) is 37.6 Å².